The molecule has 0 saturated heterocycles. The van der Waals surface area contributed by atoms with Crippen LogP contribution < -0.4 is 5.32 Å². The molecule has 1 aliphatic heterocycles. The van der Waals surface area contributed by atoms with Gasteiger partial charge in [0.2, 0.25) is 18.2 Å². The maximum atomic E-state index is 13.2. The van der Waals surface area contributed by atoms with Crippen molar-refractivity contribution < 1.29 is 14.4 Å². The van der Waals surface area contributed by atoms with Gasteiger partial charge in [-0.3, -0.25) is 14.4 Å². The Labute approximate surface area is 178 Å². The van der Waals surface area contributed by atoms with Crippen LogP contribution >= 0.6 is 0 Å². The lowest BCUT2D eigenvalue weighted by Crippen LogP contribution is -2.57. The molecule has 0 aliphatic carbocycles. The van der Waals surface area contributed by atoms with E-state index in [2.05, 4.69) is 24.2 Å². The SMILES string of the molecule is CCCC(C(=O)Nc1ccc(C(C)C)cc1)N1C=NC(N(C)C=O)C1C(=O)N(C)C. The van der Waals surface area contributed by atoms with Crippen molar-refractivity contribution in [3.63, 3.8) is 0 Å². The maximum Gasteiger partial charge on any atom is 0.249 e. The molecule has 1 aromatic carbocycles. The molecule has 0 saturated carbocycles. The standard InChI is InChI=1S/C22H33N5O3/c1-7-8-18(21(29)24-17-11-9-16(10-12-17)15(2)3)27-13-23-20(26(6)14-28)19(27)22(30)25(4)5/h9-15,18-20H,7-8H2,1-6H3,(H,24,29). The second-order valence-electron chi connectivity index (χ2n) is 8.14. The summed E-state index contributed by atoms with van der Waals surface area (Å²) >= 11 is 0. The Morgan fingerprint density at radius 1 is 1.20 bits per heavy atom. The van der Waals surface area contributed by atoms with Gasteiger partial charge in [-0.25, -0.2) is 4.99 Å². The van der Waals surface area contributed by atoms with Crippen molar-refractivity contribution in [2.45, 2.75) is 57.8 Å². The molecule has 0 spiro atoms. The van der Waals surface area contributed by atoms with Crippen LogP contribution in [0.25, 0.3) is 0 Å². The minimum Gasteiger partial charge on any atom is -0.347 e. The topological polar surface area (TPSA) is 85.3 Å². The molecule has 30 heavy (non-hydrogen) atoms. The molecule has 0 fully saturated rings. The minimum atomic E-state index is -0.749. The van der Waals surface area contributed by atoms with Gasteiger partial charge in [0.1, 0.15) is 6.04 Å². The van der Waals surface area contributed by atoms with Crippen LogP contribution in [0.5, 0.6) is 0 Å². The molecule has 8 nitrogen and oxygen atoms in total. The first-order valence-electron chi connectivity index (χ1n) is 10.3. The van der Waals surface area contributed by atoms with Crippen LogP contribution in [0, 0.1) is 0 Å². The Kier molecular flexibility index (Phi) is 7.97. The molecule has 1 heterocycles. The summed E-state index contributed by atoms with van der Waals surface area (Å²) in [4.78, 5) is 46.3. The maximum absolute atomic E-state index is 13.2. The van der Waals surface area contributed by atoms with E-state index < -0.39 is 18.2 Å². The molecule has 164 valence electrons. The molecule has 3 atom stereocenters. The van der Waals surface area contributed by atoms with Gasteiger partial charge in [0.05, 0.1) is 6.34 Å². The third-order valence-corrected chi connectivity index (χ3v) is 5.30. The zero-order valence-corrected chi connectivity index (χ0v) is 18.7. The minimum absolute atomic E-state index is 0.202. The number of likely N-dealkylation sites (N-methyl/N-ethyl adjacent to an activating group) is 2. The molecule has 1 aromatic rings. The smallest absolute Gasteiger partial charge is 0.249 e. The molecule has 0 aromatic heterocycles. The van der Waals surface area contributed by atoms with Gasteiger partial charge in [-0.05, 0) is 30.0 Å². The number of carbonyl (C=O) groups excluding carboxylic acids is 3. The fourth-order valence-electron chi connectivity index (χ4n) is 3.50. The van der Waals surface area contributed by atoms with Crippen molar-refractivity contribution in [2.75, 3.05) is 26.5 Å². The number of benzene rings is 1. The van der Waals surface area contributed by atoms with Gasteiger partial charge >= 0.3 is 0 Å². The van der Waals surface area contributed by atoms with E-state index >= 15 is 0 Å². The lowest BCUT2D eigenvalue weighted by molar-refractivity contribution is -0.137. The summed E-state index contributed by atoms with van der Waals surface area (Å²) in [5.74, 6) is 0.000831. The quantitative estimate of drug-likeness (QED) is 0.626. The van der Waals surface area contributed by atoms with Gasteiger partial charge < -0.3 is 20.0 Å². The third kappa shape index (κ3) is 5.17. The number of aliphatic imine (C=N–C) groups is 1. The number of anilines is 1. The van der Waals surface area contributed by atoms with Crippen LogP contribution in [0.2, 0.25) is 0 Å². The highest BCUT2D eigenvalue weighted by Gasteiger charge is 2.44. The van der Waals surface area contributed by atoms with E-state index in [4.69, 9.17) is 0 Å². The monoisotopic (exact) mass is 415 g/mol. The predicted molar refractivity (Wildman–Crippen MR) is 118 cm³/mol. The number of carbonyl (C=O) groups is 3. The number of nitrogens with zero attached hydrogens (tertiary/aromatic N) is 4. The molecule has 3 amide bonds. The molecule has 2 rings (SSSR count). The number of nitrogens with one attached hydrogen (secondary N) is 1. The molecule has 8 heteroatoms. The molecule has 1 N–H and O–H groups in total. The fourth-order valence-corrected chi connectivity index (χ4v) is 3.50. The zero-order chi connectivity index (χ0) is 22.4. The van der Waals surface area contributed by atoms with E-state index in [-0.39, 0.29) is 11.8 Å². The highest BCUT2D eigenvalue weighted by Crippen LogP contribution is 2.24. The number of hydrogen-bond acceptors (Lipinski definition) is 5. The van der Waals surface area contributed by atoms with Gasteiger partial charge in [-0.15, -0.1) is 0 Å². The van der Waals surface area contributed by atoms with Crippen LogP contribution in [-0.4, -0.2) is 78.7 Å². The van der Waals surface area contributed by atoms with Crippen molar-refractivity contribution in [2.24, 2.45) is 4.99 Å². The lowest BCUT2D eigenvalue weighted by Gasteiger charge is -2.35. The van der Waals surface area contributed by atoms with Crippen LogP contribution in [0.1, 0.15) is 45.1 Å². The van der Waals surface area contributed by atoms with Crippen LogP contribution in [0.4, 0.5) is 5.69 Å². The molecule has 1 aliphatic rings. The summed E-state index contributed by atoms with van der Waals surface area (Å²) in [6.45, 7) is 6.22. The van der Waals surface area contributed by atoms with Crippen molar-refractivity contribution >= 4 is 30.3 Å². The van der Waals surface area contributed by atoms with Gasteiger partial charge in [0.15, 0.2) is 12.2 Å². The van der Waals surface area contributed by atoms with Crippen molar-refractivity contribution in [1.82, 2.24) is 14.7 Å². The highest BCUT2D eigenvalue weighted by molar-refractivity contribution is 5.97. The van der Waals surface area contributed by atoms with E-state index in [0.717, 1.165) is 6.42 Å². The highest BCUT2D eigenvalue weighted by atomic mass is 16.2. The normalized spacial score (nSPS) is 19.0. The van der Waals surface area contributed by atoms with E-state index in [1.807, 2.05) is 31.2 Å². The van der Waals surface area contributed by atoms with Crippen molar-refractivity contribution in [3.8, 4) is 0 Å². The summed E-state index contributed by atoms with van der Waals surface area (Å²) < 4.78 is 0. The molecule has 0 radical (unpaired) electrons. The number of rotatable bonds is 9. The largest absolute Gasteiger partial charge is 0.347 e. The predicted octanol–water partition coefficient (Wildman–Crippen LogP) is 2.13. The van der Waals surface area contributed by atoms with Gasteiger partial charge in [0, 0.05) is 26.8 Å². The summed E-state index contributed by atoms with van der Waals surface area (Å²) in [7, 11) is 4.89. The van der Waals surface area contributed by atoms with Crippen LogP contribution in [0.15, 0.2) is 29.3 Å². The molecule has 0 bridgehead atoms. The second kappa shape index (κ2) is 10.2. The van der Waals surface area contributed by atoms with Gasteiger partial charge in [-0.2, -0.15) is 0 Å². The molecular formula is C22H33N5O3. The van der Waals surface area contributed by atoms with E-state index in [0.29, 0.717) is 24.4 Å². The first kappa shape index (κ1) is 23.4. The first-order chi connectivity index (χ1) is 14.2. The summed E-state index contributed by atoms with van der Waals surface area (Å²) in [5.41, 5.74) is 1.90. The Morgan fingerprint density at radius 3 is 2.33 bits per heavy atom. The number of amides is 3. The van der Waals surface area contributed by atoms with E-state index in [1.165, 1.54) is 21.7 Å². The fraction of sp³-hybridized carbons (Fsp3) is 0.545. The molecule has 3 unspecified atom stereocenters. The Morgan fingerprint density at radius 2 is 1.83 bits per heavy atom. The Bertz CT molecular complexity index is 775. The first-order valence-corrected chi connectivity index (χ1v) is 10.3. The van der Waals surface area contributed by atoms with Crippen LogP contribution in [-0.2, 0) is 14.4 Å². The van der Waals surface area contributed by atoms with Crippen LogP contribution in [0.3, 0.4) is 0 Å². The summed E-state index contributed by atoms with van der Waals surface area (Å²) in [6, 6.07) is 6.45. The molecular weight excluding hydrogens is 382 g/mol. The third-order valence-electron chi connectivity index (χ3n) is 5.30. The zero-order valence-electron chi connectivity index (χ0n) is 18.7. The summed E-state index contributed by atoms with van der Waals surface area (Å²) in [6.07, 6.45) is 2.81. The second-order valence-corrected chi connectivity index (χ2v) is 8.14. The average molecular weight is 416 g/mol. The van der Waals surface area contributed by atoms with E-state index in [1.54, 1.807) is 26.0 Å². The number of hydrogen-bond donors (Lipinski definition) is 1. The average Bonchev–Trinajstić information content (AvgIpc) is 3.15. The Hall–Kier alpha value is -2.90. The van der Waals surface area contributed by atoms with Gasteiger partial charge in [-0.1, -0.05) is 39.3 Å². The van der Waals surface area contributed by atoms with Crippen molar-refractivity contribution in [1.29, 1.82) is 0 Å². The lowest BCUT2D eigenvalue weighted by atomic mass is 10.0. The Balaban J connectivity index is 2.27. The van der Waals surface area contributed by atoms with Crippen molar-refractivity contribution in [3.05, 3.63) is 29.8 Å². The van der Waals surface area contributed by atoms with Gasteiger partial charge in [0.25, 0.3) is 0 Å². The summed E-state index contributed by atoms with van der Waals surface area (Å²) in [5, 5.41) is 2.97. The van der Waals surface area contributed by atoms with E-state index in [9.17, 15) is 14.4 Å².